The van der Waals surface area contributed by atoms with Crippen LogP contribution in [-0.4, -0.2) is 23.3 Å². The number of carbonyl (C=O) groups excluding carboxylic acids is 2. The lowest BCUT2D eigenvalue weighted by Gasteiger charge is -2.34. The highest BCUT2D eigenvalue weighted by Gasteiger charge is 2.30. The molecule has 0 radical (unpaired) electrons. The van der Waals surface area contributed by atoms with Crippen molar-refractivity contribution in [2.24, 2.45) is 17.8 Å². The molecule has 25 heavy (non-hydrogen) atoms. The maximum atomic E-state index is 11.8. The maximum absolute atomic E-state index is 11.8. The fourth-order valence-corrected chi connectivity index (χ4v) is 3.64. The van der Waals surface area contributed by atoms with Crippen molar-refractivity contribution in [2.45, 2.75) is 58.9 Å². The van der Waals surface area contributed by atoms with Crippen LogP contribution in [0.4, 0.5) is 0 Å². The molecule has 0 aromatic carbocycles. The lowest BCUT2D eigenvalue weighted by atomic mass is 9.77. The van der Waals surface area contributed by atoms with Crippen LogP contribution in [0, 0.1) is 17.8 Å². The molecule has 0 aliphatic heterocycles. The standard InChI is InChI=1S/C20H31N3O2/c1-14(2)12-19(25)22-13-16-7-9-17(10-8-16)20(23-15(3)24)18-6-4-5-11-21-18/h4-6,11,14,16-17,20H,7-10,12-13H2,1-3H3,(H,22,25)(H,23,24). The normalized spacial score (nSPS) is 21.6. The molecule has 138 valence electrons. The third-order valence-corrected chi connectivity index (χ3v) is 4.91. The van der Waals surface area contributed by atoms with Crippen LogP contribution in [0.3, 0.4) is 0 Å². The van der Waals surface area contributed by atoms with Crippen LogP contribution in [0.5, 0.6) is 0 Å². The Morgan fingerprint density at radius 2 is 1.92 bits per heavy atom. The lowest BCUT2D eigenvalue weighted by molar-refractivity contribution is -0.122. The molecule has 0 bridgehead atoms. The van der Waals surface area contributed by atoms with Gasteiger partial charge in [0.2, 0.25) is 11.8 Å². The molecular weight excluding hydrogens is 314 g/mol. The molecule has 5 heteroatoms. The number of nitrogens with one attached hydrogen (secondary N) is 2. The van der Waals surface area contributed by atoms with Crippen LogP contribution in [0.1, 0.15) is 64.6 Å². The van der Waals surface area contributed by atoms with E-state index in [0.29, 0.717) is 24.2 Å². The molecule has 1 aliphatic carbocycles. The van der Waals surface area contributed by atoms with Gasteiger partial charge < -0.3 is 10.6 Å². The predicted octanol–water partition coefficient (Wildman–Crippen LogP) is 3.23. The van der Waals surface area contributed by atoms with Crippen molar-refractivity contribution in [3.63, 3.8) is 0 Å². The minimum atomic E-state index is -0.0183. The number of aromatic nitrogens is 1. The van der Waals surface area contributed by atoms with Crippen LogP contribution in [0.15, 0.2) is 24.4 Å². The van der Waals surface area contributed by atoms with Crippen molar-refractivity contribution >= 4 is 11.8 Å². The van der Waals surface area contributed by atoms with Gasteiger partial charge in [-0.15, -0.1) is 0 Å². The van der Waals surface area contributed by atoms with Gasteiger partial charge in [0.25, 0.3) is 0 Å². The molecule has 1 aliphatic rings. The summed E-state index contributed by atoms with van der Waals surface area (Å²) in [5.41, 5.74) is 0.936. The summed E-state index contributed by atoms with van der Waals surface area (Å²) in [4.78, 5) is 27.9. The van der Waals surface area contributed by atoms with Gasteiger partial charge in [0.1, 0.15) is 0 Å². The molecule has 0 saturated heterocycles. The number of rotatable bonds is 7. The summed E-state index contributed by atoms with van der Waals surface area (Å²) in [5.74, 6) is 1.48. The third kappa shape index (κ3) is 6.48. The first kappa shape index (κ1) is 19.4. The van der Waals surface area contributed by atoms with E-state index in [9.17, 15) is 9.59 Å². The fourth-order valence-electron chi connectivity index (χ4n) is 3.64. The first-order valence-corrected chi connectivity index (χ1v) is 9.40. The molecular formula is C20H31N3O2. The molecule has 1 fully saturated rings. The van der Waals surface area contributed by atoms with Crippen molar-refractivity contribution < 1.29 is 9.59 Å². The second-order valence-corrected chi connectivity index (χ2v) is 7.62. The topological polar surface area (TPSA) is 71.1 Å². The van der Waals surface area contributed by atoms with Gasteiger partial charge in [0.15, 0.2) is 0 Å². The summed E-state index contributed by atoms with van der Waals surface area (Å²) in [6, 6.07) is 5.83. The minimum Gasteiger partial charge on any atom is -0.356 e. The van der Waals surface area contributed by atoms with E-state index in [1.165, 1.54) is 0 Å². The Morgan fingerprint density at radius 3 is 2.48 bits per heavy atom. The zero-order valence-corrected chi connectivity index (χ0v) is 15.6. The average Bonchev–Trinajstić information content (AvgIpc) is 2.58. The number of nitrogens with zero attached hydrogens (tertiary/aromatic N) is 1. The van der Waals surface area contributed by atoms with Crippen molar-refractivity contribution in [3.05, 3.63) is 30.1 Å². The van der Waals surface area contributed by atoms with E-state index in [1.807, 2.05) is 18.2 Å². The smallest absolute Gasteiger partial charge is 0.220 e. The summed E-state index contributed by atoms with van der Waals surface area (Å²) in [5, 5.41) is 6.15. The van der Waals surface area contributed by atoms with Gasteiger partial charge in [-0.05, 0) is 55.6 Å². The van der Waals surface area contributed by atoms with Crippen molar-refractivity contribution in [2.75, 3.05) is 6.54 Å². The number of pyridine rings is 1. The van der Waals surface area contributed by atoms with Crippen molar-refractivity contribution in [1.29, 1.82) is 0 Å². The molecule has 0 spiro atoms. The van der Waals surface area contributed by atoms with E-state index in [2.05, 4.69) is 29.5 Å². The fraction of sp³-hybridized carbons (Fsp3) is 0.650. The summed E-state index contributed by atoms with van der Waals surface area (Å²) in [7, 11) is 0. The van der Waals surface area contributed by atoms with Crippen molar-refractivity contribution in [1.82, 2.24) is 15.6 Å². The molecule has 5 nitrogen and oxygen atoms in total. The molecule has 2 amide bonds. The highest BCUT2D eigenvalue weighted by molar-refractivity contribution is 5.76. The summed E-state index contributed by atoms with van der Waals surface area (Å²) >= 11 is 0. The van der Waals surface area contributed by atoms with Gasteiger partial charge in [-0.3, -0.25) is 14.6 Å². The number of hydrogen-bond acceptors (Lipinski definition) is 3. The Kier molecular flexibility index (Phi) is 7.41. The van der Waals surface area contributed by atoms with Gasteiger partial charge in [0.05, 0.1) is 11.7 Å². The SMILES string of the molecule is CC(=O)NC(c1ccccn1)C1CCC(CNC(=O)CC(C)C)CC1. The Morgan fingerprint density at radius 1 is 1.20 bits per heavy atom. The minimum absolute atomic E-state index is 0.0151. The van der Waals surface area contributed by atoms with Crippen LogP contribution >= 0.6 is 0 Å². The first-order valence-electron chi connectivity index (χ1n) is 9.40. The van der Waals surface area contributed by atoms with Gasteiger partial charge in [0, 0.05) is 26.1 Å². The quantitative estimate of drug-likeness (QED) is 0.797. The zero-order chi connectivity index (χ0) is 18.2. The van der Waals surface area contributed by atoms with Crippen LogP contribution < -0.4 is 10.6 Å². The molecule has 1 atom stereocenters. The van der Waals surface area contributed by atoms with E-state index >= 15 is 0 Å². The largest absolute Gasteiger partial charge is 0.356 e. The predicted molar refractivity (Wildman–Crippen MR) is 98.7 cm³/mol. The molecule has 1 aromatic heterocycles. The van der Waals surface area contributed by atoms with E-state index in [1.54, 1.807) is 13.1 Å². The summed E-state index contributed by atoms with van der Waals surface area (Å²) in [6.07, 6.45) is 6.63. The van der Waals surface area contributed by atoms with Gasteiger partial charge in [-0.2, -0.15) is 0 Å². The van der Waals surface area contributed by atoms with E-state index in [-0.39, 0.29) is 17.9 Å². The Bertz CT molecular complexity index is 551. The summed E-state index contributed by atoms with van der Waals surface area (Å²) < 4.78 is 0. The number of carbonyl (C=O) groups is 2. The van der Waals surface area contributed by atoms with Gasteiger partial charge in [-0.25, -0.2) is 0 Å². The summed E-state index contributed by atoms with van der Waals surface area (Å²) in [6.45, 7) is 6.45. The Labute approximate surface area is 151 Å². The highest BCUT2D eigenvalue weighted by atomic mass is 16.2. The average molecular weight is 345 g/mol. The van der Waals surface area contributed by atoms with Crippen molar-refractivity contribution in [3.8, 4) is 0 Å². The molecule has 1 saturated carbocycles. The van der Waals surface area contributed by atoms with E-state index < -0.39 is 0 Å². The monoisotopic (exact) mass is 345 g/mol. The third-order valence-electron chi connectivity index (χ3n) is 4.91. The van der Waals surface area contributed by atoms with Gasteiger partial charge in [-0.1, -0.05) is 19.9 Å². The van der Waals surface area contributed by atoms with Crippen LogP contribution in [0.2, 0.25) is 0 Å². The van der Waals surface area contributed by atoms with E-state index in [0.717, 1.165) is 37.9 Å². The van der Waals surface area contributed by atoms with Gasteiger partial charge >= 0.3 is 0 Å². The molecule has 1 heterocycles. The second kappa shape index (κ2) is 9.54. The molecule has 1 aromatic rings. The Balaban J connectivity index is 1.86. The second-order valence-electron chi connectivity index (χ2n) is 7.62. The number of amides is 2. The lowest BCUT2D eigenvalue weighted by Crippen LogP contribution is -2.36. The highest BCUT2D eigenvalue weighted by Crippen LogP contribution is 2.36. The number of hydrogen-bond donors (Lipinski definition) is 2. The van der Waals surface area contributed by atoms with Crippen LogP contribution in [0.25, 0.3) is 0 Å². The van der Waals surface area contributed by atoms with Crippen LogP contribution in [-0.2, 0) is 9.59 Å². The first-order chi connectivity index (χ1) is 12.0. The van der Waals surface area contributed by atoms with E-state index in [4.69, 9.17) is 0 Å². The maximum Gasteiger partial charge on any atom is 0.220 e. The molecule has 1 unspecified atom stereocenters. The molecule has 2 rings (SSSR count). The Hall–Kier alpha value is -1.91. The molecule has 2 N–H and O–H groups in total. The zero-order valence-electron chi connectivity index (χ0n) is 15.6.